The maximum absolute atomic E-state index is 13.7. The first-order chi connectivity index (χ1) is 9.94. The van der Waals surface area contributed by atoms with Gasteiger partial charge in [-0.3, -0.25) is 4.79 Å². The molecule has 108 valence electrons. The number of pyridine rings is 1. The van der Waals surface area contributed by atoms with Crippen LogP contribution in [0.1, 0.15) is 10.5 Å². The molecule has 3 rings (SSSR count). The van der Waals surface area contributed by atoms with Crippen LogP contribution in [0.3, 0.4) is 0 Å². The molecule has 1 aliphatic heterocycles. The summed E-state index contributed by atoms with van der Waals surface area (Å²) in [6.45, 7) is 0. The van der Waals surface area contributed by atoms with Crippen LogP contribution in [0, 0.1) is 5.82 Å². The normalized spacial score (nSPS) is 19.8. The fourth-order valence-corrected chi connectivity index (χ4v) is 3.38. The van der Waals surface area contributed by atoms with Gasteiger partial charge in [0.25, 0.3) is 5.91 Å². The fourth-order valence-electron chi connectivity index (χ4n) is 2.15. The first-order valence-electron chi connectivity index (χ1n) is 6.22. The standard InChI is InChI=1S/C14H11FN2O3S/c15-11-3-1-2-9-4-5-12(17-13(9)11)14(18)16-10-6-7-21(19,20)8-10/h1-7,10H,8H2,(H,16,18)/t10-/m0/s1. The third-order valence-electron chi connectivity index (χ3n) is 3.15. The van der Waals surface area contributed by atoms with Crippen LogP contribution in [0.5, 0.6) is 0 Å². The van der Waals surface area contributed by atoms with Crippen LogP contribution in [0.2, 0.25) is 0 Å². The molecule has 1 amide bonds. The molecule has 21 heavy (non-hydrogen) atoms. The average Bonchev–Trinajstić information content (AvgIpc) is 2.78. The van der Waals surface area contributed by atoms with Gasteiger partial charge in [0, 0.05) is 10.8 Å². The molecule has 0 radical (unpaired) electrons. The summed E-state index contributed by atoms with van der Waals surface area (Å²) in [6.07, 6.45) is 1.41. The van der Waals surface area contributed by atoms with Crippen LogP contribution < -0.4 is 5.32 Å². The van der Waals surface area contributed by atoms with Crippen molar-refractivity contribution < 1.29 is 17.6 Å². The quantitative estimate of drug-likeness (QED) is 0.910. The number of nitrogens with zero attached hydrogens (tertiary/aromatic N) is 1. The lowest BCUT2D eigenvalue weighted by atomic mass is 10.2. The van der Waals surface area contributed by atoms with Gasteiger partial charge in [-0.1, -0.05) is 18.2 Å². The number of sulfone groups is 1. The van der Waals surface area contributed by atoms with E-state index in [9.17, 15) is 17.6 Å². The molecular formula is C14H11FN2O3S. The Hall–Kier alpha value is -2.28. The Morgan fingerprint density at radius 2 is 2.10 bits per heavy atom. The van der Waals surface area contributed by atoms with E-state index in [0.29, 0.717) is 5.39 Å². The number of halogens is 1. The average molecular weight is 306 g/mol. The molecule has 5 nitrogen and oxygen atoms in total. The molecule has 0 fully saturated rings. The molecule has 0 bridgehead atoms. The molecule has 1 atom stereocenters. The number of carbonyl (C=O) groups is 1. The number of benzene rings is 1. The minimum atomic E-state index is -3.24. The summed E-state index contributed by atoms with van der Waals surface area (Å²) < 4.78 is 36.2. The van der Waals surface area contributed by atoms with Crippen molar-refractivity contribution in [3.8, 4) is 0 Å². The van der Waals surface area contributed by atoms with Gasteiger partial charge in [-0.2, -0.15) is 0 Å². The molecule has 1 aliphatic rings. The van der Waals surface area contributed by atoms with E-state index in [2.05, 4.69) is 10.3 Å². The number of para-hydroxylation sites is 1. The van der Waals surface area contributed by atoms with E-state index in [1.54, 1.807) is 18.2 Å². The number of hydrogen-bond acceptors (Lipinski definition) is 4. The number of rotatable bonds is 2. The molecule has 7 heteroatoms. The third-order valence-corrected chi connectivity index (χ3v) is 4.55. The van der Waals surface area contributed by atoms with Crippen LogP contribution in [0.25, 0.3) is 10.9 Å². The van der Waals surface area contributed by atoms with E-state index in [1.165, 1.54) is 18.2 Å². The lowest BCUT2D eigenvalue weighted by Gasteiger charge is -2.10. The van der Waals surface area contributed by atoms with Crippen molar-refractivity contribution in [1.82, 2.24) is 10.3 Å². The summed E-state index contributed by atoms with van der Waals surface area (Å²) >= 11 is 0. The summed E-state index contributed by atoms with van der Waals surface area (Å²) in [4.78, 5) is 16.0. The van der Waals surface area contributed by atoms with E-state index in [0.717, 1.165) is 5.41 Å². The number of amides is 1. The van der Waals surface area contributed by atoms with Gasteiger partial charge in [-0.25, -0.2) is 17.8 Å². The van der Waals surface area contributed by atoms with Crippen LogP contribution in [-0.4, -0.2) is 31.1 Å². The summed E-state index contributed by atoms with van der Waals surface area (Å²) in [6, 6.07) is 7.02. The van der Waals surface area contributed by atoms with E-state index in [4.69, 9.17) is 0 Å². The molecule has 0 unspecified atom stereocenters. The summed E-state index contributed by atoms with van der Waals surface area (Å²) in [7, 11) is -3.24. The smallest absolute Gasteiger partial charge is 0.270 e. The maximum Gasteiger partial charge on any atom is 0.270 e. The predicted molar refractivity (Wildman–Crippen MR) is 75.9 cm³/mol. The molecule has 0 saturated carbocycles. The minimum Gasteiger partial charge on any atom is -0.343 e. The predicted octanol–water partition coefficient (Wildman–Crippen LogP) is 1.41. The molecule has 1 aromatic carbocycles. The van der Waals surface area contributed by atoms with Gasteiger partial charge in [0.1, 0.15) is 17.0 Å². The first-order valence-corrected chi connectivity index (χ1v) is 7.93. The molecule has 0 aliphatic carbocycles. The molecule has 1 aromatic heterocycles. The van der Waals surface area contributed by atoms with Crippen molar-refractivity contribution in [2.45, 2.75) is 6.04 Å². The zero-order chi connectivity index (χ0) is 15.0. The maximum atomic E-state index is 13.7. The SMILES string of the molecule is O=C(N[C@H]1C=CS(=O)(=O)C1)c1ccc2cccc(F)c2n1. The second-order valence-corrected chi connectivity index (χ2v) is 6.68. The lowest BCUT2D eigenvalue weighted by Crippen LogP contribution is -2.35. The summed E-state index contributed by atoms with van der Waals surface area (Å²) in [5, 5.41) is 4.21. The molecule has 0 saturated heterocycles. The van der Waals surface area contributed by atoms with E-state index in [-0.39, 0.29) is 17.0 Å². The zero-order valence-electron chi connectivity index (χ0n) is 10.8. The fraction of sp³-hybridized carbons (Fsp3) is 0.143. The summed E-state index contributed by atoms with van der Waals surface area (Å²) in [5.41, 5.74) is 0.157. The van der Waals surface area contributed by atoms with Gasteiger partial charge >= 0.3 is 0 Å². The second-order valence-electron chi connectivity index (χ2n) is 4.75. The zero-order valence-corrected chi connectivity index (χ0v) is 11.6. The molecule has 2 aromatic rings. The number of nitrogens with one attached hydrogen (secondary N) is 1. The highest BCUT2D eigenvalue weighted by molar-refractivity contribution is 7.94. The Labute approximate surface area is 120 Å². The van der Waals surface area contributed by atoms with Crippen LogP contribution >= 0.6 is 0 Å². The van der Waals surface area contributed by atoms with Crippen molar-refractivity contribution in [2.24, 2.45) is 0 Å². The minimum absolute atomic E-state index is 0.0466. The Kier molecular flexibility index (Phi) is 3.21. The van der Waals surface area contributed by atoms with Gasteiger partial charge in [0.05, 0.1) is 11.8 Å². The second kappa shape index (κ2) is 4.92. The highest BCUT2D eigenvalue weighted by atomic mass is 32.2. The topological polar surface area (TPSA) is 76.1 Å². The van der Waals surface area contributed by atoms with Gasteiger partial charge in [0.15, 0.2) is 9.84 Å². The number of fused-ring (bicyclic) bond motifs is 1. The first kappa shape index (κ1) is 13.7. The van der Waals surface area contributed by atoms with E-state index >= 15 is 0 Å². The Morgan fingerprint density at radius 1 is 1.29 bits per heavy atom. The summed E-state index contributed by atoms with van der Waals surface area (Å²) in [5.74, 6) is -1.21. The largest absolute Gasteiger partial charge is 0.343 e. The van der Waals surface area contributed by atoms with Crippen LogP contribution in [-0.2, 0) is 9.84 Å². The van der Waals surface area contributed by atoms with Crippen molar-refractivity contribution in [2.75, 3.05) is 5.75 Å². The molecule has 2 heterocycles. The Balaban J connectivity index is 1.85. The lowest BCUT2D eigenvalue weighted by molar-refractivity contribution is 0.0943. The van der Waals surface area contributed by atoms with Crippen molar-refractivity contribution in [3.63, 3.8) is 0 Å². The molecule has 0 spiro atoms. The number of hydrogen-bond donors (Lipinski definition) is 1. The molecule has 1 N–H and O–H groups in total. The van der Waals surface area contributed by atoms with Crippen LogP contribution in [0.4, 0.5) is 4.39 Å². The van der Waals surface area contributed by atoms with Crippen molar-refractivity contribution in [3.05, 3.63) is 53.3 Å². The molecular weight excluding hydrogens is 295 g/mol. The number of carbonyl (C=O) groups excluding carboxylic acids is 1. The highest BCUT2D eigenvalue weighted by Gasteiger charge is 2.23. The van der Waals surface area contributed by atoms with Crippen LogP contribution in [0.15, 0.2) is 41.8 Å². The van der Waals surface area contributed by atoms with E-state index < -0.39 is 27.6 Å². The van der Waals surface area contributed by atoms with Gasteiger partial charge < -0.3 is 5.32 Å². The van der Waals surface area contributed by atoms with Gasteiger partial charge in [0.2, 0.25) is 0 Å². The van der Waals surface area contributed by atoms with Crippen molar-refractivity contribution >= 4 is 26.6 Å². The monoisotopic (exact) mass is 306 g/mol. The third kappa shape index (κ3) is 2.78. The number of aromatic nitrogens is 1. The van der Waals surface area contributed by atoms with Gasteiger partial charge in [-0.05, 0) is 18.2 Å². The van der Waals surface area contributed by atoms with Crippen molar-refractivity contribution in [1.29, 1.82) is 0 Å². The van der Waals surface area contributed by atoms with E-state index in [1.807, 2.05) is 0 Å². The van der Waals surface area contributed by atoms with Gasteiger partial charge in [-0.15, -0.1) is 0 Å². The Bertz CT molecular complexity index is 862. The highest BCUT2D eigenvalue weighted by Crippen LogP contribution is 2.16. The Morgan fingerprint density at radius 3 is 2.81 bits per heavy atom.